The van der Waals surface area contributed by atoms with Gasteiger partial charge in [-0.3, -0.25) is 0 Å². The van der Waals surface area contributed by atoms with E-state index in [1.165, 1.54) is 6.26 Å². The van der Waals surface area contributed by atoms with Gasteiger partial charge in [-0.2, -0.15) is 0 Å². The highest BCUT2D eigenvalue weighted by Crippen LogP contribution is 2.25. The molecule has 0 saturated carbocycles. The Morgan fingerprint density at radius 1 is 1.39 bits per heavy atom. The lowest BCUT2D eigenvalue weighted by Gasteiger charge is -2.33. The number of benzene rings is 1. The van der Waals surface area contributed by atoms with Crippen LogP contribution in [0.1, 0.15) is 18.4 Å². The maximum atomic E-state index is 11.7. The first-order chi connectivity index (χ1) is 8.41. The molecule has 0 spiro atoms. The van der Waals surface area contributed by atoms with Gasteiger partial charge in [-0.05, 0) is 31.0 Å². The molecule has 1 aliphatic rings. The van der Waals surface area contributed by atoms with Crippen molar-refractivity contribution in [1.29, 1.82) is 0 Å². The Morgan fingerprint density at radius 3 is 2.72 bits per heavy atom. The first-order valence-electron chi connectivity index (χ1n) is 6.12. The Morgan fingerprint density at radius 2 is 2.11 bits per heavy atom. The van der Waals surface area contributed by atoms with E-state index in [2.05, 4.69) is 5.32 Å². The molecule has 1 aromatic rings. The van der Waals surface area contributed by atoms with E-state index in [1.807, 2.05) is 6.07 Å². The van der Waals surface area contributed by atoms with E-state index in [4.69, 9.17) is 0 Å². The number of sulfone groups is 1. The van der Waals surface area contributed by atoms with Crippen molar-refractivity contribution in [3.8, 4) is 0 Å². The van der Waals surface area contributed by atoms with Gasteiger partial charge < -0.3 is 10.4 Å². The summed E-state index contributed by atoms with van der Waals surface area (Å²) in [5.74, 6) is 0. The molecular weight excluding hydrogens is 250 g/mol. The van der Waals surface area contributed by atoms with Crippen LogP contribution < -0.4 is 5.32 Å². The predicted octanol–water partition coefficient (Wildman–Crippen LogP) is 0.747. The third-order valence-corrected chi connectivity index (χ3v) is 4.54. The second-order valence-corrected chi connectivity index (χ2v) is 7.05. The molecule has 1 atom stereocenters. The molecular formula is C13H19NO3S. The lowest BCUT2D eigenvalue weighted by atomic mass is 9.87. The van der Waals surface area contributed by atoms with Crippen LogP contribution in [0.5, 0.6) is 0 Å². The van der Waals surface area contributed by atoms with Crippen molar-refractivity contribution in [2.45, 2.75) is 29.8 Å². The molecule has 1 fully saturated rings. The molecule has 2 N–H and O–H groups in total. The molecule has 0 aliphatic carbocycles. The van der Waals surface area contributed by atoms with Crippen LogP contribution in [0, 0.1) is 0 Å². The van der Waals surface area contributed by atoms with E-state index < -0.39 is 15.4 Å². The van der Waals surface area contributed by atoms with Gasteiger partial charge in [0.2, 0.25) is 0 Å². The molecule has 4 nitrogen and oxygen atoms in total. The molecule has 0 amide bonds. The van der Waals surface area contributed by atoms with Crippen LogP contribution in [-0.2, 0) is 16.3 Å². The molecule has 100 valence electrons. The number of aliphatic hydroxyl groups is 1. The molecule has 0 aromatic heterocycles. The molecule has 0 radical (unpaired) electrons. The summed E-state index contributed by atoms with van der Waals surface area (Å²) in [6.07, 6.45) is 3.20. The van der Waals surface area contributed by atoms with Crippen molar-refractivity contribution in [3.05, 3.63) is 29.8 Å². The standard InChI is InChI=1S/C13H19NO3S/c1-18(16,17)12-6-3-2-5-11(12)9-13(15)7-4-8-14-10-13/h2-3,5-6,14-15H,4,7-10H2,1H3. The quantitative estimate of drug-likeness (QED) is 0.849. The van der Waals surface area contributed by atoms with Gasteiger partial charge in [0.25, 0.3) is 0 Å². The second-order valence-electron chi connectivity index (χ2n) is 5.06. The fourth-order valence-electron chi connectivity index (χ4n) is 2.47. The summed E-state index contributed by atoms with van der Waals surface area (Å²) in [7, 11) is -3.24. The summed E-state index contributed by atoms with van der Waals surface area (Å²) in [5, 5.41) is 13.6. The first kappa shape index (κ1) is 13.5. The fraction of sp³-hybridized carbons (Fsp3) is 0.538. The molecule has 1 heterocycles. The number of nitrogens with one attached hydrogen (secondary N) is 1. The molecule has 1 saturated heterocycles. The van der Waals surface area contributed by atoms with Gasteiger partial charge in [-0.25, -0.2) is 8.42 Å². The SMILES string of the molecule is CS(=O)(=O)c1ccccc1CC1(O)CCCNC1. The lowest BCUT2D eigenvalue weighted by molar-refractivity contribution is 0.0164. The van der Waals surface area contributed by atoms with Gasteiger partial charge in [0, 0.05) is 19.2 Å². The van der Waals surface area contributed by atoms with Crippen LogP contribution in [0.2, 0.25) is 0 Å². The van der Waals surface area contributed by atoms with E-state index in [0.717, 1.165) is 13.0 Å². The summed E-state index contributed by atoms with van der Waals surface area (Å²) < 4.78 is 23.4. The lowest BCUT2D eigenvalue weighted by Crippen LogP contribution is -2.47. The minimum absolute atomic E-state index is 0.323. The van der Waals surface area contributed by atoms with Crippen molar-refractivity contribution in [1.82, 2.24) is 5.32 Å². The third-order valence-electron chi connectivity index (χ3n) is 3.34. The van der Waals surface area contributed by atoms with Crippen molar-refractivity contribution >= 4 is 9.84 Å². The minimum atomic E-state index is -3.24. The maximum Gasteiger partial charge on any atom is 0.175 e. The molecule has 5 heteroatoms. The third kappa shape index (κ3) is 3.10. The predicted molar refractivity (Wildman–Crippen MR) is 70.3 cm³/mol. The Balaban J connectivity index is 2.29. The van der Waals surface area contributed by atoms with Gasteiger partial charge in [-0.15, -0.1) is 0 Å². The number of hydrogen-bond donors (Lipinski definition) is 2. The average molecular weight is 269 g/mol. The van der Waals surface area contributed by atoms with E-state index in [9.17, 15) is 13.5 Å². The van der Waals surface area contributed by atoms with Crippen molar-refractivity contribution in [3.63, 3.8) is 0 Å². The van der Waals surface area contributed by atoms with Crippen LogP contribution in [0.3, 0.4) is 0 Å². The topological polar surface area (TPSA) is 66.4 Å². The summed E-state index contributed by atoms with van der Waals surface area (Å²) in [6.45, 7) is 1.43. The van der Waals surface area contributed by atoms with E-state index in [0.29, 0.717) is 29.8 Å². The van der Waals surface area contributed by atoms with Gasteiger partial charge in [-0.1, -0.05) is 18.2 Å². The highest BCUT2D eigenvalue weighted by atomic mass is 32.2. The van der Waals surface area contributed by atoms with Gasteiger partial charge >= 0.3 is 0 Å². The van der Waals surface area contributed by atoms with Crippen LogP contribution in [-0.4, -0.2) is 38.5 Å². The van der Waals surface area contributed by atoms with Gasteiger partial charge in [0.05, 0.1) is 10.5 Å². The maximum absolute atomic E-state index is 11.7. The summed E-state index contributed by atoms with van der Waals surface area (Å²) in [6, 6.07) is 6.90. The first-order valence-corrected chi connectivity index (χ1v) is 8.01. The molecule has 1 aliphatic heterocycles. The Kier molecular flexibility index (Phi) is 3.75. The molecule has 2 rings (SSSR count). The van der Waals surface area contributed by atoms with E-state index in [1.54, 1.807) is 18.2 Å². The Hall–Kier alpha value is -0.910. The number of piperidine rings is 1. The van der Waals surface area contributed by atoms with Gasteiger partial charge in [0.1, 0.15) is 0 Å². The summed E-state index contributed by atoms with van der Waals surface area (Å²) in [4.78, 5) is 0.323. The zero-order valence-electron chi connectivity index (χ0n) is 10.5. The second kappa shape index (κ2) is 4.99. The summed E-state index contributed by atoms with van der Waals surface area (Å²) in [5.41, 5.74) is -0.134. The molecule has 0 bridgehead atoms. The van der Waals surface area contributed by atoms with Crippen LogP contribution in [0.25, 0.3) is 0 Å². The van der Waals surface area contributed by atoms with Crippen molar-refractivity contribution in [2.24, 2.45) is 0 Å². The smallest absolute Gasteiger partial charge is 0.175 e. The van der Waals surface area contributed by atoms with Crippen LogP contribution in [0.15, 0.2) is 29.2 Å². The minimum Gasteiger partial charge on any atom is -0.388 e. The normalized spacial score (nSPS) is 25.0. The highest BCUT2D eigenvalue weighted by Gasteiger charge is 2.30. The van der Waals surface area contributed by atoms with Crippen LogP contribution in [0.4, 0.5) is 0 Å². The molecule has 1 aromatic carbocycles. The van der Waals surface area contributed by atoms with E-state index >= 15 is 0 Å². The number of hydrogen-bond acceptors (Lipinski definition) is 4. The largest absolute Gasteiger partial charge is 0.388 e. The average Bonchev–Trinajstić information content (AvgIpc) is 2.28. The number of β-amino-alcohol motifs (C(OH)–C–C–N with tert-alkyl or cyclic N) is 1. The molecule has 1 unspecified atom stereocenters. The highest BCUT2D eigenvalue weighted by molar-refractivity contribution is 7.90. The van der Waals surface area contributed by atoms with E-state index in [-0.39, 0.29) is 0 Å². The zero-order valence-corrected chi connectivity index (χ0v) is 11.3. The number of rotatable bonds is 3. The Bertz CT molecular complexity index is 519. The van der Waals surface area contributed by atoms with Crippen LogP contribution >= 0.6 is 0 Å². The zero-order chi connectivity index (χ0) is 13.2. The summed E-state index contributed by atoms with van der Waals surface area (Å²) >= 11 is 0. The monoisotopic (exact) mass is 269 g/mol. The van der Waals surface area contributed by atoms with Gasteiger partial charge in [0.15, 0.2) is 9.84 Å². The molecule has 18 heavy (non-hydrogen) atoms. The van der Waals surface area contributed by atoms with Crippen molar-refractivity contribution in [2.75, 3.05) is 19.3 Å². The van der Waals surface area contributed by atoms with Crippen molar-refractivity contribution < 1.29 is 13.5 Å². The Labute approximate surface area is 108 Å². The fourth-order valence-corrected chi connectivity index (χ4v) is 3.41.